The number of H-pyrrole nitrogens is 1. The zero-order chi connectivity index (χ0) is 22.2. The number of nitrogens with zero attached hydrogens (tertiary/aromatic N) is 4. The van der Waals surface area contributed by atoms with Gasteiger partial charge >= 0.3 is 0 Å². The van der Waals surface area contributed by atoms with Gasteiger partial charge in [-0.1, -0.05) is 25.1 Å². The number of carbonyl (C=O) groups excluding carboxylic acids is 1. The molecule has 3 heterocycles. The van der Waals surface area contributed by atoms with Crippen LogP contribution in [0.15, 0.2) is 30.6 Å². The van der Waals surface area contributed by atoms with Crippen LogP contribution in [-0.2, 0) is 11.2 Å². The molecule has 1 amide bonds. The van der Waals surface area contributed by atoms with Gasteiger partial charge in [-0.25, -0.2) is 14.5 Å². The van der Waals surface area contributed by atoms with Crippen LogP contribution in [0.3, 0.4) is 0 Å². The number of fused-ring (bicyclic) bond motifs is 2. The fourth-order valence-corrected chi connectivity index (χ4v) is 4.98. The predicted molar refractivity (Wildman–Crippen MR) is 125 cm³/mol. The van der Waals surface area contributed by atoms with Crippen molar-refractivity contribution in [2.75, 3.05) is 12.3 Å². The number of aryl methyl sites for hydroxylation is 1. The standard InChI is InChI=1S/C24H29N7O/c1-3-16-5-4-6-18-11-19(29-20(16)18)21-22-23(25)27-13-28-31(22)24(30-21)17-9-7-15(8-10-17)12-26-14(2)32/h4-6,11,13,15,17,29H,3,7-10,12H2,1-2H3,(H,26,32)(H2,25,27,28)/t15-,17-. The number of para-hydroxylation sites is 1. The lowest BCUT2D eigenvalue weighted by Gasteiger charge is -2.27. The number of amides is 1. The number of carbonyl (C=O) groups is 1. The first-order chi connectivity index (χ1) is 15.5. The molecule has 4 aromatic rings. The zero-order valence-corrected chi connectivity index (χ0v) is 18.6. The number of anilines is 1. The van der Waals surface area contributed by atoms with Gasteiger partial charge < -0.3 is 16.0 Å². The number of hydrogen-bond acceptors (Lipinski definition) is 5. The molecule has 1 saturated carbocycles. The largest absolute Gasteiger partial charge is 0.382 e. The number of nitrogens with one attached hydrogen (secondary N) is 2. The van der Waals surface area contributed by atoms with Crippen LogP contribution in [0, 0.1) is 5.92 Å². The Hall–Kier alpha value is -3.42. The van der Waals surface area contributed by atoms with E-state index in [0.29, 0.717) is 17.7 Å². The van der Waals surface area contributed by atoms with E-state index in [9.17, 15) is 4.79 Å². The van der Waals surface area contributed by atoms with E-state index in [1.165, 1.54) is 11.9 Å². The molecule has 1 aliphatic rings. The van der Waals surface area contributed by atoms with Crippen molar-refractivity contribution in [2.45, 2.75) is 51.9 Å². The molecular formula is C24H29N7O. The highest BCUT2D eigenvalue weighted by Crippen LogP contribution is 2.38. The SMILES string of the molecule is CCc1cccc2cc(-c3nc([C@H]4CC[C@H](CNC(C)=O)CC4)n4ncnc(N)c34)[nH]c12. The minimum atomic E-state index is 0.0350. The van der Waals surface area contributed by atoms with Gasteiger partial charge in [0.15, 0.2) is 5.82 Å². The lowest BCUT2D eigenvalue weighted by molar-refractivity contribution is -0.119. The summed E-state index contributed by atoms with van der Waals surface area (Å²) in [4.78, 5) is 24.1. The molecule has 1 fully saturated rings. The summed E-state index contributed by atoms with van der Waals surface area (Å²) in [6.45, 7) is 4.48. The third kappa shape index (κ3) is 3.59. The Morgan fingerprint density at radius 1 is 1.28 bits per heavy atom. The highest BCUT2D eigenvalue weighted by atomic mass is 16.1. The van der Waals surface area contributed by atoms with Gasteiger partial charge in [-0.05, 0) is 49.7 Å². The third-order valence-corrected chi connectivity index (χ3v) is 6.72. The van der Waals surface area contributed by atoms with E-state index in [0.717, 1.165) is 72.3 Å². The van der Waals surface area contributed by atoms with Gasteiger partial charge in [0, 0.05) is 30.3 Å². The van der Waals surface area contributed by atoms with E-state index in [1.54, 1.807) is 6.92 Å². The number of imidazole rings is 1. The summed E-state index contributed by atoms with van der Waals surface area (Å²) in [5, 5.41) is 8.64. The van der Waals surface area contributed by atoms with Gasteiger partial charge in [0.05, 0.1) is 5.69 Å². The summed E-state index contributed by atoms with van der Waals surface area (Å²) in [5.74, 6) is 2.23. The minimum Gasteiger partial charge on any atom is -0.382 e. The number of rotatable bonds is 5. The average Bonchev–Trinajstić information content (AvgIpc) is 3.40. The van der Waals surface area contributed by atoms with Crippen LogP contribution in [0.4, 0.5) is 5.82 Å². The minimum absolute atomic E-state index is 0.0350. The fourth-order valence-electron chi connectivity index (χ4n) is 4.98. The molecule has 0 bridgehead atoms. The molecule has 0 unspecified atom stereocenters. The first kappa shape index (κ1) is 20.5. The predicted octanol–water partition coefficient (Wildman–Crippen LogP) is 3.83. The number of aromatic nitrogens is 5. The Morgan fingerprint density at radius 3 is 2.84 bits per heavy atom. The highest BCUT2D eigenvalue weighted by molar-refractivity contribution is 5.92. The first-order valence-electron chi connectivity index (χ1n) is 11.4. The zero-order valence-electron chi connectivity index (χ0n) is 18.6. The van der Waals surface area contributed by atoms with Crippen molar-refractivity contribution in [2.24, 2.45) is 5.92 Å². The summed E-state index contributed by atoms with van der Waals surface area (Å²) >= 11 is 0. The van der Waals surface area contributed by atoms with E-state index in [4.69, 9.17) is 10.7 Å². The van der Waals surface area contributed by atoms with Gasteiger partial charge in [-0.3, -0.25) is 4.79 Å². The Morgan fingerprint density at radius 2 is 2.09 bits per heavy atom. The van der Waals surface area contributed by atoms with Crippen LogP contribution in [0.2, 0.25) is 0 Å². The topological polar surface area (TPSA) is 114 Å². The van der Waals surface area contributed by atoms with Crippen molar-refractivity contribution in [1.82, 2.24) is 29.9 Å². The number of nitrogens with two attached hydrogens (primary N) is 1. The fraction of sp³-hybridized carbons (Fsp3) is 0.417. The van der Waals surface area contributed by atoms with Crippen LogP contribution in [0.25, 0.3) is 27.8 Å². The van der Waals surface area contributed by atoms with Crippen molar-refractivity contribution in [3.63, 3.8) is 0 Å². The molecule has 8 nitrogen and oxygen atoms in total. The molecule has 166 valence electrons. The Bertz CT molecular complexity index is 1280. The van der Waals surface area contributed by atoms with Crippen LogP contribution in [0.1, 0.15) is 56.8 Å². The molecule has 0 radical (unpaired) electrons. The molecule has 8 heteroatoms. The molecular weight excluding hydrogens is 402 g/mol. The molecule has 5 rings (SSSR count). The summed E-state index contributed by atoms with van der Waals surface area (Å²) in [6.07, 6.45) is 6.60. The lowest BCUT2D eigenvalue weighted by Crippen LogP contribution is -2.29. The van der Waals surface area contributed by atoms with Crippen molar-refractivity contribution in [3.8, 4) is 11.4 Å². The van der Waals surface area contributed by atoms with E-state index in [1.807, 2.05) is 4.52 Å². The smallest absolute Gasteiger partial charge is 0.216 e. The maximum absolute atomic E-state index is 11.2. The van der Waals surface area contributed by atoms with Crippen molar-refractivity contribution < 1.29 is 4.79 Å². The van der Waals surface area contributed by atoms with Gasteiger partial charge in [-0.2, -0.15) is 5.10 Å². The van der Waals surface area contributed by atoms with Crippen molar-refractivity contribution in [3.05, 3.63) is 42.0 Å². The summed E-state index contributed by atoms with van der Waals surface area (Å²) in [7, 11) is 0. The Kier molecular flexibility index (Phi) is 5.28. The molecule has 0 saturated heterocycles. The maximum Gasteiger partial charge on any atom is 0.216 e. The molecule has 32 heavy (non-hydrogen) atoms. The number of hydrogen-bond donors (Lipinski definition) is 3. The van der Waals surface area contributed by atoms with E-state index >= 15 is 0 Å². The number of nitrogen functional groups attached to an aromatic ring is 1. The third-order valence-electron chi connectivity index (χ3n) is 6.72. The molecule has 0 spiro atoms. The quantitative estimate of drug-likeness (QED) is 0.444. The summed E-state index contributed by atoms with van der Waals surface area (Å²) < 4.78 is 1.88. The van der Waals surface area contributed by atoms with Crippen LogP contribution >= 0.6 is 0 Å². The van der Waals surface area contributed by atoms with E-state index in [2.05, 4.69) is 51.6 Å². The van der Waals surface area contributed by atoms with Gasteiger partial charge in [0.25, 0.3) is 0 Å². The average molecular weight is 432 g/mol. The van der Waals surface area contributed by atoms with Gasteiger partial charge in [0.1, 0.15) is 23.4 Å². The van der Waals surface area contributed by atoms with Crippen molar-refractivity contribution >= 4 is 28.1 Å². The molecule has 0 atom stereocenters. The summed E-state index contributed by atoms with van der Waals surface area (Å²) in [6, 6.07) is 8.49. The normalized spacial score (nSPS) is 18.9. The second-order valence-corrected chi connectivity index (χ2v) is 8.80. The molecule has 1 aliphatic carbocycles. The molecule has 1 aromatic carbocycles. The molecule has 4 N–H and O–H groups in total. The first-order valence-corrected chi connectivity index (χ1v) is 11.4. The second kappa shape index (κ2) is 8.26. The highest BCUT2D eigenvalue weighted by Gasteiger charge is 2.28. The van der Waals surface area contributed by atoms with Crippen LogP contribution < -0.4 is 11.1 Å². The summed E-state index contributed by atoms with van der Waals surface area (Å²) in [5.41, 5.74) is 11.2. The monoisotopic (exact) mass is 431 g/mol. The van der Waals surface area contributed by atoms with Crippen LogP contribution in [0.5, 0.6) is 0 Å². The number of benzene rings is 1. The maximum atomic E-state index is 11.2. The van der Waals surface area contributed by atoms with Crippen molar-refractivity contribution in [1.29, 1.82) is 0 Å². The molecule has 0 aliphatic heterocycles. The van der Waals surface area contributed by atoms with E-state index in [-0.39, 0.29) is 5.91 Å². The van der Waals surface area contributed by atoms with Gasteiger partial charge in [-0.15, -0.1) is 0 Å². The second-order valence-electron chi connectivity index (χ2n) is 8.80. The van der Waals surface area contributed by atoms with E-state index < -0.39 is 0 Å². The van der Waals surface area contributed by atoms with Crippen LogP contribution in [-0.4, -0.2) is 37.0 Å². The Labute approximate surface area is 186 Å². The van der Waals surface area contributed by atoms with Gasteiger partial charge in [0.2, 0.25) is 5.91 Å². The lowest BCUT2D eigenvalue weighted by atomic mass is 9.81. The number of aromatic amines is 1. The Balaban J connectivity index is 1.52. The molecule has 3 aromatic heterocycles.